The zero-order chi connectivity index (χ0) is 15.9. The summed E-state index contributed by atoms with van der Waals surface area (Å²) in [4.78, 5) is 15.0. The Morgan fingerprint density at radius 3 is 2.39 bits per heavy atom. The summed E-state index contributed by atoms with van der Waals surface area (Å²) in [6.45, 7) is 2.10. The number of hydrogen-bond donors (Lipinski definition) is 0. The Labute approximate surface area is 141 Å². The van der Waals surface area contributed by atoms with Gasteiger partial charge in [0.05, 0.1) is 0 Å². The second-order valence-corrected chi connectivity index (χ2v) is 7.92. The Morgan fingerprint density at radius 2 is 1.74 bits per heavy atom. The maximum Gasteiger partial charge on any atom is 0.228 e. The fourth-order valence-electron chi connectivity index (χ4n) is 3.26. The highest BCUT2D eigenvalue weighted by atomic mass is 32.2. The van der Waals surface area contributed by atoms with E-state index >= 15 is 0 Å². The molecule has 23 heavy (non-hydrogen) atoms. The Morgan fingerprint density at radius 1 is 1.04 bits per heavy atom. The quantitative estimate of drug-likeness (QED) is 0.780. The van der Waals surface area contributed by atoms with E-state index in [2.05, 4.69) is 31.2 Å². The molecule has 4 rings (SSSR count). The van der Waals surface area contributed by atoms with Crippen LogP contribution in [0.3, 0.4) is 0 Å². The molecule has 2 fully saturated rings. The molecule has 1 saturated heterocycles. The topological polar surface area (TPSA) is 20.3 Å². The molecule has 1 saturated carbocycles. The second kappa shape index (κ2) is 5.72. The molecule has 0 bridgehead atoms. The first-order chi connectivity index (χ1) is 11.2. The van der Waals surface area contributed by atoms with Crippen LogP contribution < -0.4 is 4.90 Å². The van der Waals surface area contributed by atoms with Crippen LogP contribution in [0.5, 0.6) is 0 Å². The average molecular weight is 323 g/mol. The summed E-state index contributed by atoms with van der Waals surface area (Å²) in [5.74, 6) is 1.35. The van der Waals surface area contributed by atoms with Crippen molar-refractivity contribution in [2.75, 3.05) is 10.7 Å². The van der Waals surface area contributed by atoms with Crippen LogP contribution in [-0.4, -0.2) is 11.7 Å². The maximum absolute atomic E-state index is 13.0. The molecule has 1 spiro atoms. The molecular formula is C20H21NOS. The van der Waals surface area contributed by atoms with Crippen molar-refractivity contribution in [2.45, 2.75) is 31.6 Å². The molecule has 1 aliphatic heterocycles. The minimum absolute atomic E-state index is 0.0745. The van der Waals surface area contributed by atoms with Crippen LogP contribution in [0, 0.1) is 12.3 Å². The number of amides is 1. The van der Waals surface area contributed by atoms with E-state index in [-0.39, 0.29) is 16.7 Å². The standard InChI is InChI=1S/C20H21NOS/c1-15-7-9-16(10-8-15)19-21(17-5-3-2-4-6-17)18(22)13-20(11-12-20)14-23-19/h2-10,19H,11-14H2,1H3. The lowest BCUT2D eigenvalue weighted by atomic mass is 10.0. The van der Waals surface area contributed by atoms with Gasteiger partial charge in [0.25, 0.3) is 0 Å². The molecule has 0 radical (unpaired) electrons. The van der Waals surface area contributed by atoms with Crippen molar-refractivity contribution in [3.8, 4) is 0 Å². The summed E-state index contributed by atoms with van der Waals surface area (Å²) >= 11 is 1.92. The van der Waals surface area contributed by atoms with E-state index in [0.29, 0.717) is 6.42 Å². The predicted molar refractivity (Wildman–Crippen MR) is 96.6 cm³/mol. The van der Waals surface area contributed by atoms with Crippen molar-refractivity contribution in [1.82, 2.24) is 0 Å². The summed E-state index contributed by atoms with van der Waals surface area (Å²) in [6, 6.07) is 18.7. The van der Waals surface area contributed by atoms with E-state index in [1.54, 1.807) is 0 Å². The van der Waals surface area contributed by atoms with Crippen LogP contribution in [0.15, 0.2) is 54.6 Å². The lowest BCUT2D eigenvalue weighted by Gasteiger charge is -2.30. The number of carbonyl (C=O) groups excluding carboxylic acids is 1. The highest BCUT2D eigenvalue weighted by molar-refractivity contribution is 7.99. The zero-order valence-corrected chi connectivity index (χ0v) is 14.2. The molecule has 0 N–H and O–H groups in total. The van der Waals surface area contributed by atoms with Crippen molar-refractivity contribution < 1.29 is 4.79 Å². The van der Waals surface area contributed by atoms with E-state index in [9.17, 15) is 4.79 Å². The summed E-state index contributed by atoms with van der Waals surface area (Å²) in [5.41, 5.74) is 3.75. The number of benzene rings is 2. The summed E-state index contributed by atoms with van der Waals surface area (Å²) in [6.07, 6.45) is 3.10. The molecule has 1 aliphatic carbocycles. The van der Waals surface area contributed by atoms with Crippen molar-refractivity contribution in [3.05, 3.63) is 65.7 Å². The van der Waals surface area contributed by atoms with E-state index in [1.807, 2.05) is 47.0 Å². The Hall–Kier alpha value is -1.74. The molecule has 2 aromatic rings. The highest BCUT2D eigenvalue weighted by Crippen LogP contribution is 2.56. The van der Waals surface area contributed by atoms with Gasteiger partial charge in [-0.05, 0) is 42.9 Å². The molecule has 1 heterocycles. The van der Waals surface area contributed by atoms with Crippen LogP contribution in [0.4, 0.5) is 5.69 Å². The third kappa shape index (κ3) is 2.90. The molecular weight excluding hydrogens is 302 g/mol. The summed E-state index contributed by atoms with van der Waals surface area (Å²) < 4.78 is 0. The Kier molecular flexibility index (Phi) is 3.68. The van der Waals surface area contributed by atoms with Crippen LogP contribution >= 0.6 is 11.8 Å². The molecule has 1 amide bonds. The molecule has 118 valence electrons. The number of hydrogen-bond acceptors (Lipinski definition) is 2. The monoisotopic (exact) mass is 323 g/mol. The van der Waals surface area contributed by atoms with Crippen molar-refractivity contribution in [1.29, 1.82) is 0 Å². The summed E-state index contributed by atoms with van der Waals surface area (Å²) in [7, 11) is 0. The number of thioether (sulfide) groups is 1. The van der Waals surface area contributed by atoms with Crippen LogP contribution in [0.25, 0.3) is 0 Å². The van der Waals surface area contributed by atoms with Gasteiger partial charge in [0.1, 0.15) is 5.37 Å². The largest absolute Gasteiger partial charge is 0.296 e. The SMILES string of the molecule is Cc1ccc(C2SCC3(CC3)CC(=O)N2c2ccccc2)cc1. The molecule has 1 atom stereocenters. The van der Waals surface area contributed by atoms with Gasteiger partial charge in [-0.2, -0.15) is 0 Å². The van der Waals surface area contributed by atoms with Gasteiger partial charge in [0.15, 0.2) is 0 Å². The lowest BCUT2D eigenvalue weighted by Crippen LogP contribution is -2.32. The van der Waals surface area contributed by atoms with Crippen molar-refractivity contribution in [2.24, 2.45) is 5.41 Å². The number of aryl methyl sites for hydroxylation is 1. The van der Waals surface area contributed by atoms with Crippen molar-refractivity contribution >= 4 is 23.4 Å². The second-order valence-electron chi connectivity index (χ2n) is 6.85. The number of nitrogens with zero attached hydrogens (tertiary/aromatic N) is 1. The fourth-order valence-corrected chi connectivity index (χ4v) is 4.90. The minimum atomic E-state index is 0.0745. The van der Waals surface area contributed by atoms with Gasteiger partial charge in [0.2, 0.25) is 5.91 Å². The fraction of sp³-hybridized carbons (Fsp3) is 0.350. The molecule has 0 aromatic heterocycles. The molecule has 1 unspecified atom stereocenters. The number of para-hydroxylation sites is 1. The minimum Gasteiger partial charge on any atom is -0.296 e. The number of rotatable bonds is 2. The Bertz CT molecular complexity index is 706. The number of carbonyl (C=O) groups is 1. The summed E-state index contributed by atoms with van der Waals surface area (Å²) in [5, 5.41) is 0.0745. The van der Waals surface area contributed by atoms with Gasteiger partial charge < -0.3 is 0 Å². The van der Waals surface area contributed by atoms with E-state index in [4.69, 9.17) is 0 Å². The first-order valence-corrected chi connectivity index (χ1v) is 9.27. The smallest absolute Gasteiger partial charge is 0.228 e. The molecule has 2 aromatic carbocycles. The third-order valence-corrected chi connectivity index (χ3v) is 6.51. The van der Waals surface area contributed by atoms with Crippen LogP contribution in [0.1, 0.15) is 35.8 Å². The van der Waals surface area contributed by atoms with Gasteiger partial charge in [-0.1, -0.05) is 48.0 Å². The highest BCUT2D eigenvalue weighted by Gasteiger charge is 2.48. The van der Waals surface area contributed by atoms with Gasteiger partial charge in [0, 0.05) is 17.9 Å². The van der Waals surface area contributed by atoms with E-state index in [0.717, 1.165) is 11.4 Å². The van der Waals surface area contributed by atoms with Gasteiger partial charge >= 0.3 is 0 Å². The Balaban J connectivity index is 1.75. The van der Waals surface area contributed by atoms with Gasteiger partial charge in [-0.3, -0.25) is 9.69 Å². The van der Waals surface area contributed by atoms with E-state index in [1.165, 1.54) is 24.0 Å². The lowest BCUT2D eigenvalue weighted by molar-refractivity contribution is -0.119. The van der Waals surface area contributed by atoms with Crippen molar-refractivity contribution in [3.63, 3.8) is 0 Å². The number of anilines is 1. The molecule has 2 nitrogen and oxygen atoms in total. The molecule has 3 heteroatoms. The van der Waals surface area contributed by atoms with Gasteiger partial charge in [-0.25, -0.2) is 0 Å². The maximum atomic E-state index is 13.0. The predicted octanol–water partition coefficient (Wildman–Crippen LogP) is 4.94. The van der Waals surface area contributed by atoms with Crippen LogP contribution in [-0.2, 0) is 4.79 Å². The van der Waals surface area contributed by atoms with Gasteiger partial charge in [-0.15, -0.1) is 11.8 Å². The third-order valence-electron chi connectivity index (χ3n) is 4.93. The average Bonchev–Trinajstić information content (AvgIpc) is 3.34. The van der Waals surface area contributed by atoms with E-state index < -0.39 is 0 Å². The molecule has 2 aliphatic rings. The first kappa shape index (κ1) is 14.8. The zero-order valence-electron chi connectivity index (χ0n) is 13.4. The van der Waals surface area contributed by atoms with Crippen LogP contribution in [0.2, 0.25) is 0 Å². The normalized spacial score (nSPS) is 22.9. The first-order valence-electron chi connectivity index (χ1n) is 8.22.